The summed E-state index contributed by atoms with van der Waals surface area (Å²) in [6.07, 6.45) is 4.06. The van der Waals surface area contributed by atoms with Crippen molar-refractivity contribution in [2.24, 2.45) is 11.8 Å². The molecule has 0 aromatic heterocycles. The van der Waals surface area contributed by atoms with Crippen LogP contribution in [0.4, 0.5) is 0 Å². The van der Waals surface area contributed by atoms with E-state index < -0.39 is 0 Å². The van der Waals surface area contributed by atoms with Crippen molar-refractivity contribution in [1.82, 2.24) is 14.7 Å². The van der Waals surface area contributed by atoms with Crippen LogP contribution in [-0.4, -0.2) is 70.7 Å². The Balaban J connectivity index is 1.57. The molecule has 0 radical (unpaired) electrons. The second-order valence-corrected chi connectivity index (χ2v) is 8.25. The zero-order chi connectivity index (χ0) is 18.1. The molecule has 2 atom stereocenters. The largest absolute Gasteiger partial charge is 0.343 e. The van der Waals surface area contributed by atoms with E-state index in [2.05, 4.69) is 13.8 Å². The molecule has 6 nitrogen and oxygen atoms in total. The summed E-state index contributed by atoms with van der Waals surface area (Å²) < 4.78 is 0. The predicted molar refractivity (Wildman–Crippen MR) is 94.7 cm³/mol. The standard InChI is InChI=1S/C19H31N3O3/c1-13(2)11-17(23)20-9-6-15(7-10-20)19(25)22-12-16-5-4-8-21(16)18(24)14(22)3/h13-16H,4-12H2,1-3H3/t14-,16+/m0/s1. The number of piperidine rings is 1. The number of carbonyl (C=O) groups is 3. The third-order valence-electron chi connectivity index (χ3n) is 5.96. The molecule has 140 valence electrons. The van der Waals surface area contributed by atoms with Crippen LogP contribution in [0.15, 0.2) is 0 Å². The molecule has 6 heteroatoms. The quantitative estimate of drug-likeness (QED) is 0.776. The molecule has 0 aliphatic carbocycles. The molecular formula is C19H31N3O3. The van der Waals surface area contributed by atoms with Crippen LogP contribution in [0.1, 0.15) is 52.9 Å². The maximum absolute atomic E-state index is 13.0. The number of carbonyl (C=O) groups excluding carboxylic acids is 3. The number of rotatable bonds is 3. The van der Waals surface area contributed by atoms with Crippen LogP contribution in [0.3, 0.4) is 0 Å². The van der Waals surface area contributed by atoms with Gasteiger partial charge >= 0.3 is 0 Å². The van der Waals surface area contributed by atoms with Gasteiger partial charge in [-0.25, -0.2) is 0 Å². The molecule has 0 bridgehead atoms. The average molecular weight is 349 g/mol. The monoisotopic (exact) mass is 349 g/mol. The van der Waals surface area contributed by atoms with Gasteiger partial charge in [-0.15, -0.1) is 0 Å². The Hall–Kier alpha value is -1.59. The SMILES string of the molecule is CC(C)CC(=O)N1CCC(C(=O)N2C[C@H]3CCCN3C(=O)[C@@H]2C)CC1. The van der Waals surface area contributed by atoms with E-state index in [-0.39, 0.29) is 35.7 Å². The maximum atomic E-state index is 13.0. The Morgan fingerprint density at radius 2 is 1.80 bits per heavy atom. The molecule has 3 fully saturated rings. The van der Waals surface area contributed by atoms with Gasteiger partial charge in [-0.2, -0.15) is 0 Å². The Kier molecular flexibility index (Phi) is 5.35. The van der Waals surface area contributed by atoms with Gasteiger partial charge in [0, 0.05) is 44.6 Å². The summed E-state index contributed by atoms with van der Waals surface area (Å²) in [6, 6.07) is -0.136. The number of hydrogen-bond acceptors (Lipinski definition) is 3. The zero-order valence-electron chi connectivity index (χ0n) is 15.7. The van der Waals surface area contributed by atoms with Gasteiger partial charge < -0.3 is 14.7 Å². The fraction of sp³-hybridized carbons (Fsp3) is 0.842. The minimum atomic E-state index is -0.345. The molecule has 0 N–H and O–H groups in total. The van der Waals surface area contributed by atoms with Gasteiger partial charge in [-0.3, -0.25) is 14.4 Å². The summed E-state index contributed by atoms with van der Waals surface area (Å²) >= 11 is 0. The second kappa shape index (κ2) is 7.34. The van der Waals surface area contributed by atoms with Crippen LogP contribution in [0.2, 0.25) is 0 Å². The maximum Gasteiger partial charge on any atom is 0.245 e. The van der Waals surface area contributed by atoms with Crippen LogP contribution >= 0.6 is 0 Å². The first-order valence-corrected chi connectivity index (χ1v) is 9.77. The molecule has 3 rings (SSSR count). The minimum absolute atomic E-state index is 0.0497. The van der Waals surface area contributed by atoms with Crippen molar-refractivity contribution in [2.45, 2.75) is 65.0 Å². The van der Waals surface area contributed by atoms with E-state index in [1.807, 2.05) is 21.6 Å². The van der Waals surface area contributed by atoms with E-state index in [1.165, 1.54) is 0 Å². The number of piperazine rings is 1. The highest BCUT2D eigenvalue weighted by atomic mass is 16.2. The van der Waals surface area contributed by atoms with Crippen LogP contribution in [-0.2, 0) is 14.4 Å². The minimum Gasteiger partial charge on any atom is -0.343 e. The summed E-state index contributed by atoms with van der Waals surface area (Å²) in [4.78, 5) is 43.4. The fourth-order valence-corrected chi connectivity index (χ4v) is 4.44. The van der Waals surface area contributed by atoms with Crippen LogP contribution in [0.5, 0.6) is 0 Å². The highest BCUT2D eigenvalue weighted by Gasteiger charge is 2.43. The molecule has 3 heterocycles. The van der Waals surface area contributed by atoms with E-state index in [0.29, 0.717) is 44.8 Å². The van der Waals surface area contributed by atoms with Crippen LogP contribution < -0.4 is 0 Å². The zero-order valence-corrected chi connectivity index (χ0v) is 15.7. The lowest BCUT2D eigenvalue weighted by Crippen LogP contribution is -2.61. The third-order valence-corrected chi connectivity index (χ3v) is 5.96. The van der Waals surface area contributed by atoms with E-state index in [9.17, 15) is 14.4 Å². The van der Waals surface area contributed by atoms with E-state index in [4.69, 9.17) is 0 Å². The van der Waals surface area contributed by atoms with Crippen molar-refractivity contribution in [3.05, 3.63) is 0 Å². The first kappa shape index (κ1) is 18.2. The molecule has 3 aliphatic rings. The number of nitrogens with zero attached hydrogens (tertiary/aromatic N) is 3. The van der Waals surface area contributed by atoms with Gasteiger partial charge in [0.2, 0.25) is 17.7 Å². The van der Waals surface area contributed by atoms with Gasteiger partial charge in [0.25, 0.3) is 0 Å². The Morgan fingerprint density at radius 1 is 1.12 bits per heavy atom. The Labute approximate surface area is 150 Å². The molecular weight excluding hydrogens is 318 g/mol. The molecule has 3 amide bonds. The van der Waals surface area contributed by atoms with E-state index >= 15 is 0 Å². The molecule has 0 spiro atoms. The normalized spacial score (nSPS) is 27.8. The first-order valence-electron chi connectivity index (χ1n) is 9.77. The lowest BCUT2D eigenvalue weighted by molar-refractivity contribution is -0.155. The van der Waals surface area contributed by atoms with Crippen LogP contribution in [0, 0.1) is 11.8 Å². The highest BCUT2D eigenvalue weighted by Crippen LogP contribution is 2.29. The number of likely N-dealkylation sites (tertiary alicyclic amines) is 1. The summed E-state index contributed by atoms with van der Waals surface area (Å²) in [6.45, 7) is 8.80. The molecule has 3 aliphatic heterocycles. The predicted octanol–water partition coefficient (Wildman–Crippen LogP) is 1.49. The van der Waals surface area contributed by atoms with Gasteiger partial charge in [-0.05, 0) is 38.5 Å². The lowest BCUT2D eigenvalue weighted by atomic mass is 9.93. The van der Waals surface area contributed by atoms with E-state index in [1.54, 1.807) is 0 Å². The van der Waals surface area contributed by atoms with Crippen molar-refractivity contribution in [2.75, 3.05) is 26.2 Å². The van der Waals surface area contributed by atoms with Gasteiger partial charge in [-0.1, -0.05) is 13.8 Å². The fourth-order valence-electron chi connectivity index (χ4n) is 4.44. The lowest BCUT2D eigenvalue weighted by Gasteiger charge is -2.43. The summed E-state index contributed by atoms with van der Waals surface area (Å²) in [5, 5.41) is 0. The average Bonchev–Trinajstić information content (AvgIpc) is 3.06. The van der Waals surface area contributed by atoms with Gasteiger partial charge in [0.05, 0.1) is 0 Å². The van der Waals surface area contributed by atoms with E-state index in [0.717, 1.165) is 19.4 Å². The Bertz CT molecular complexity index is 540. The first-order chi connectivity index (χ1) is 11.9. The third kappa shape index (κ3) is 3.67. The molecule has 3 saturated heterocycles. The number of amides is 3. The summed E-state index contributed by atoms with van der Waals surface area (Å²) in [5.41, 5.74) is 0. The van der Waals surface area contributed by atoms with Crippen molar-refractivity contribution in [3.8, 4) is 0 Å². The topological polar surface area (TPSA) is 60.9 Å². The van der Waals surface area contributed by atoms with Crippen molar-refractivity contribution in [1.29, 1.82) is 0 Å². The Morgan fingerprint density at radius 3 is 2.44 bits per heavy atom. The second-order valence-electron chi connectivity index (χ2n) is 8.25. The smallest absolute Gasteiger partial charge is 0.245 e. The molecule has 0 aromatic carbocycles. The number of hydrogen-bond donors (Lipinski definition) is 0. The van der Waals surface area contributed by atoms with Crippen molar-refractivity contribution < 1.29 is 14.4 Å². The van der Waals surface area contributed by atoms with Crippen LogP contribution in [0.25, 0.3) is 0 Å². The van der Waals surface area contributed by atoms with Crippen molar-refractivity contribution in [3.63, 3.8) is 0 Å². The summed E-state index contributed by atoms with van der Waals surface area (Å²) in [5.74, 6) is 0.728. The summed E-state index contributed by atoms with van der Waals surface area (Å²) in [7, 11) is 0. The number of fused-ring (bicyclic) bond motifs is 1. The molecule has 0 aromatic rings. The molecule has 25 heavy (non-hydrogen) atoms. The molecule has 0 unspecified atom stereocenters. The highest BCUT2D eigenvalue weighted by molar-refractivity contribution is 5.90. The van der Waals surface area contributed by atoms with Gasteiger partial charge in [0.1, 0.15) is 6.04 Å². The van der Waals surface area contributed by atoms with Crippen molar-refractivity contribution >= 4 is 17.7 Å². The van der Waals surface area contributed by atoms with Gasteiger partial charge in [0.15, 0.2) is 0 Å². The molecule has 0 saturated carbocycles.